The van der Waals surface area contributed by atoms with Crippen LogP contribution in [0.15, 0.2) is 23.8 Å². The molecule has 0 spiro atoms. The molecule has 2 N–H and O–H groups in total. The minimum Gasteiger partial charge on any atom is -0.507 e. The van der Waals surface area contributed by atoms with E-state index in [2.05, 4.69) is 47.6 Å². The minimum absolute atomic E-state index is 0.0416. The van der Waals surface area contributed by atoms with Gasteiger partial charge < -0.3 is 10.2 Å². The Balaban J connectivity index is 2.28. The van der Waals surface area contributed by atoms with Crippen LogP contribution in [-0.2, 0) is 5.41 Å². The standard InChI is InChI=1S/C24H38O2/c1-7-8-9-10-11-24(5,6)18-14-21(25)23(22(26)15-18)20-13-17(4)12-19(20)16(2)3/h13-16,19-20,25-26H,7-12H2,1-6H3/t19-,20+/m0/s1. The maximum absolute atomic E-state index is 10.8. The molecule has 0 radical (unpaired) electrons. The summed E-state index contributed by atoms with van der Waals surface area (Å²) in [6.45, 7) is 13.3. The van der Waals surface area contributed by atoms with E-state index in [9.17, 15) is 10.2 Å². The van der Waals surface area contributed by atoms with Gasteiger partial charge in [-0.15, -0.1) is 0 Å². The van der Waals surface area contributed by atoms with Crippen molar-refractivity contribution < 1.29 is 10.2 Å². The first kappa shape index (κ1) is 20.9. The molecule has 0 amide bonds. The predicted molar refractivity (Wildman–Crippen MR) is 111 cm³/mol. The van der Waals surface area contributed by atoms with Crippen molar-refractivity contribution >= 4 is 0 Å². The summed E-state index contributed by atoms with van der Waals surface area (Å²) in [5.74, 6) is 1.57. The number of hydrogen-bond acceptors (Lipinski definition) is 2. The van der Waals surface area contributed by atoms with Gasteiger partial charge in [-0.05, 0) is 54.7 Å². The first-order chi connectivity index (χ1) is 12.2. The number of phenols is 2. The van der Waals surface area contributed by atoms with Crippen molar-refractivity contribution in [3.63, 3.8) is 0 Å². The van der Waals surface area contributed by atoms with Crippen LogP contribution in [0.4, 0.5) is 0 Å². The van der Waals surface area contributed by atoms with Crippen LogP contribution in [-0.4, -0.2) is 10.2 Å². The lowest BCUT2D eigenvalue weighted by Gasteiger charge is -2.29. The quantitative estimate of drug-likeness (QED) is 0.386. The Morgan fingerprint density at radius 3 is 2.23 bits per heavy atom. The normalized spacial score (nSPS) is 20.7. The first-order valence-electron chi connectivity index (χ1n) is 10.4. The van der Waals surface area contributed by atoms with Gasteiger partial charge in [0.2, 0.25) is 0 Å². The Hall–Kier alpha value is -1.44. The third-order valence-corrected chi connectivity index (χ3v) is 6.25. The molecule has 0 saturated carbocycles. The van der Waals surface area contributed by atoms with E-state index in [0.29, 0.717) is 17.4 Å². The molecule has 0 aliphatic heterocycles. The van der Waals surface area contributed by atoms with Crippen LogP contribution in [0, 0.1) is 11.8 Å². The molecule has 1 aliphatic rings. The maximum atomic E-state index is 10.8. The fourth-order valence-electron chi connectivity index (χ4n) is 4.44. The second kappa shape index (κ2) is 8.50. The van der Waals surface area contributed by atoms with Crippen LogP contribution in [0.3, 0.4) is 0 Å². The Morgan fingerprint density at radius 2 is 1.69 bits per heavy atom. The summed E-state index contributed by atoms with van der Waals surface area (Å²) in [4.78, 5) is 0. The Kier molecular flexibility index (Phi) is 6.82. The van der Waals surface area contributed by atoms with E-state index >= 15 is 0 Å². The summed E-state index contributed by atoms with van der Waals surface area (Å²) in [7, 11) is 0. The van der Waals surface area contributed by atoms with Crippen molar-refractivity contribution in [2.45, 2.75) is 91.4 Å². The number of rotatable bonds is 8. The van der Waals surface area contributed by atoms with E-state index in [0.717, 1.165) is 18.4 Å². The summed E-state index contributed by atoms with van der Waals surface area (Å²) in [5.41, 5.74) is 3.06. The van der Waals surface area contributed by atoms with Gasteiger partial charge in [0.25, 0.3) is 0 Å². The van der Waals surface area contributed by atoms with Crippen LogP contribution >= 0.6 is 0 Å². The van der Waals surface area contributed by atoms with Crippen LogP contribution in [0.1, 0.15) is 97.1 Å². The van der Waals surface area contributed by atoms with Crippen molar-refractivity contribution in [3.8, 4) is 11.5 Å². The van der Waals surface area contributed by atoms with Crippen LogP contribution in [0.2, 0.25) is 0 Å². The molecule has 2 nitrogen and oxygen atoms in total. The van der Waals surface area contributed by atoms with Crippen molar-refractivity contribution in [2.75, 3.05) is 0 Å². The highest BCUT2D eigenvalue weighted by Gasteiger charge is 2.34. The zero-order chi connectivity index (χ0) is 19.5. The number of unbranched alkanes of at least 4 members (excludes halogenated alkanes) is 3. The van der Waals surface area contributed by atoms with Gasteiger partial charge in [-0.2, -0.15) is 0 Å². The number of phenolic OH excluding ortho intramolecular Hbond substituents is 2. The molecule has 0 fully saturated rings. The third-order valence-electron chi connectivity index (χ3n) is 6.25. The number of hydrogen-bond donors (Lipinski definition) is 2. The van der Waals surface area contributed by atoms with E-state index in [-0.39, 0.29) is 22.8 Å². The van der Waals surface area contributed by atoms with Gasteiger partial charge in [0, 0.05) is 11.5 Å². The summed E-state index contributed by atoms with van der Waals surface area (Å²) in [6.07, 6.45) is 9.29. The van der Waals surface area contributed by atoms with Gasteiger partial charge in [-0.1, -0.05) is 72.0 Å². The fraction of sp³-hybridized carbons (Fsp3) is 0.667. The molecule has 0 heterocycles. The van der Waals surface area contributed by atoms with Crippen LogP contribution in [0.5, 0.6) is 11.5 Å². The molecule has 0 bridgehead atoms. The highest BCUT2D eigenvalue weighted by Crippen LogP contribution is 2.49. The van der Waals surface area contributed by atoms with Crippen molar-refractivity contribution in [1.29, 1.82) is 0 Å². The van der Waals surface area contributed by atoms with E-state index in [1.807, 2.05) is 12.1 Å². The second-order valence-electron chi connectivity index (χ2n) is 9.27. The lowest BCUT2D eigenvalue weighted by molar-refractivity contribution is 0.349. The fourth-order valence-corrected chi connectivity index (χ4v) is 4.44. The van der Waals surface area contributed by atoms with Gasteiger partial charge in [0.05, 0.1) is 0 Å². The van der Waals surface area contributed by atoms with E-state index in [4.69, 9.17) is 0 Å². The molecule has 2 atom stereocenters. The van der Waals surface area contributed by atoms with Crippen molar-refractivity contribution in [2.24, 2.45) is 11.8 Å². The average molecular weight is 359 g/mol. The zero-order valence-corrected chi connectivity index (χ0v) is 17.6. The van der Waals surface area contributed by atoms with E-state index in [1.54, 1.807) is 0 Å². The molecule has 1 aliphatic carbocycles. The Labute approximate surface area is 160 Å². The monoisotopic (exact) mass is 358 g/mol. The van der Waals surface area contributed by atoms with Gasteiger partial charge in [0.1, 0.15) is 11.5 Å². The molecule has 0 saturated heterocycles. The molecular weight excluding hydrogens is 320 g/mol. The van der Waals surface area contributed by atoms with Gasteiger partial charge >= 0.3 is 0 Å². The summed E-state index contributed by atoms with van der Waals surface area (Å²) < 4.78 is 0. The topological polar surface area (TPSA) is 40.5 Å². The smallest absolute Gasteiger partial charge is 0.123 e. The molecular formula is C24H38O2. The lowest BCUT2D eigenvalue weighted by atomic mass is 9.76. The van der Waals surface area contributed by atoms with Crippen LogP contribution < -0.4 is 0 Å². The molecule has 2 rings (SSSR count). The van der Waals surface area contributed by atoms with Gasteiger partial charge in [-0.3, -0.25) is 0 Å². The highest BCUT2D eigenvalue weighted by molar-refractivity contribution is 5.53. The minimum atomic E-state index is -0.0416. The van der Waals surface area contributed by atoms with Crippen LogP contribution in [0.25, 0.3) is 0 Å². The number of allylic oxidation sites excluding steroid dienone is 2. The molecule has 2 heteroatoms. The van der Waals surface area contributed by atoms with Crippen molar-refractivity contribution in [1.82, 2.24) is 0 Å². The van der Waals surface area contributed by atoms with Gasteiger partial charge in [0.15, 0.2) is 0 Å². The lowest BCUT2D eigenvalue weighted by Crippen LogP contribution is -2.18. The van der Waals surface area contributed by atoms with Crippen molar-refractivity contribution in [3.05, 3.63) is 34.9 Å². The first-order valence-corrected chi connectivity index (χ1v) is 10.4. The Morgan fingerprint density at radius 1 is 1.08 bits per heavy atom. The summed E-state index contributed by atoms with van der Waals surface area (Å²) in [6, 6.07) is 3.79. The predicted octanol–water partition coefficient (Wildman–Crippen LogP) is 7.05. The summed E-state index contributed by atoms with van der Waals surface area (Å²) >= 11 is 0. The molecule has 146 valence electrons. The average Bonchev–Trinajstić information content (AvgIpc) is 2.92. The van der Waals surface area contributed by atoms with E-state index in [1.165, 1.54) is 31.3 Å². The molecule has 0 unspecified atom stereocenters. The van der Waals surface area contributed by atoms with Gasteiger partial charge in [-0.25, -0.2) is 0 Å². The highest BCUT2D eigenvalue weighted by atomic mass is 16.3. The summed E-state index contributed by atoms with van der Waals surface area (Å²) in [5, 5.41) is 21.6. The zero-order valence-electron chi connectivity index (χ0n) is 17.6. The molecule has 1 aromatic carbocycles. The molecule has 26 heavy (non-hydrogen) atoms. The van der Waals surface area contributed by atoms with E-state index < -0.39 is 0 Å². The maximum Gasteiger partial charge on any atom is 0.123 e. The molecule has 1 aromatic rings. The number of aromatic hydroxyl groups is 2. The Bertz CT molecular complexity index is 617. The SMILES string of the molecule is CCCCCCC(C)(C)c1cc(O)c([C@@H]2C=C(C)C[C@H]2C(C)C)c(O)c1. The largest absolute Gasteiger partial charge is 0.507 e. The second-order valence-corrected chi connectivity index (χ2v) is 9.27. The third kappa shape index (κ3) is 4.64. The molecule has 0 aromatic heterocycles. The number of benzene rings is 1.